The molecular weight excluding hydrogens is 1370 g/mol. The van der Waals surface area contributed by atoms with Crippen LogP contribution in [0.15, 0.2) is 54.6 Å². The van der Waals surface area contributed by atoms with Crippen LogP contribution < -0.4 is 64.6 Å². The summed E-state index contributed by atoms with van der Waals surface area (Å²) in [5.74, 6) is -23.5. The molecule has 38 heteroatoms. The van der Waals surface area contributed by atoms with Crippen molar-refractivity contribution in [3.63, 3.8) is 0 Å². The minimum atomic E-state index is -1.89. The second kappa shape index (κ2) is 43.5. The van der Waals surface area contributed by atoms with Gasteiger partial charge in [-0.2, -0.15) is 0 Å². The smallest absolute Gasteiger partial charge is 0.326 e. The first-order chi connectivity index (χ1) is 48.9. The number of phenols is 1. The Hall–Kier alpha value is -11.3. The third-order valence-electron chi connectivity index (χ3n) is 16.5. The quantitative estimate of drug-likeness (QED) is 0.0304. The van der Waals surface area contributed by atoms with Gasteiger partial charge in [0.15, 0.2) is 0 Å². The molecule has 1 saturated heterocycles. The third-order valence-corrected chi connectivity index (χ3v) is 16.5. The van der Waals surface area contributed by atoms with Crippen LogP contribution in [0.3, 0.4) is 0 Å². The van der Waals surface area contributed by atoms with Crippen molar-refractivity contribution in [2.75, 3.05) is 13.1 Å². The zero-order chi connectivity index (χ0) is 78.1. The minimum Gasteiger partial charge on any atom is -0.508 e. The normalized spacial score (nSPS) is 15.6. The number of hydrogen-bond donors (Lipinski definition) is 19. The van der Waals surface area contributed by atoms with Gasteiger partial charge in [0.25, 0.3) is 0 Å². The maximum atomic E-state index is 14.8. The first-order valence-corrected chi connectivity index (χ1v) is 33.4. The molecule has 1 heterocycles. The van der Waals surface area contributed by atoms with Crippen LogP contribution in [0.4, 0.5) is 0 Å². The van der Waals surface area contributed by atoms with Gasteiger partial charge in [-0.3, -0.25) is 81.5 Å². The lowest BCUT2D eigenvalue weighted by molar-refractivity contribution is -0.144. The van der Waals surface area contributed by atoms with Gasteiger partial charge in [0.05, 0.1) is 13.0 Å². The Kier molecular flexibility index (Phi) is 36.3. The summed E-state index contributed by atoms with van der Waals surface area (Å²) in [6, 6.07) is -5.73. The van der Waals surface area contributed by atoms with Gasteiger partial charge < -0.3 is 105 Å². The number of hydrogen-bond acceptors (Lipinski definition) is 20. The number of likely N-dealkylation sites (tertiary alicyclic amines) is 1. The van der Waals surface area contributed by atoms with Crippen molar-refractivity contribution in [3.05, 3.63) is 65.7 Å². The van der Waals surface area contributed by atoms with E-state index in [1.807, 2.05) is 0 Å². The molecule has 0 bridgehead atoms. The number of aromatic hydroxyl groups is 1. The average molecular weight is 1470 g/mol. The molecule has 0 unspecified atom stereocenters. The average Bonchev–Trinajstić information content (AvgIpc) is 0.942. The molecule has 2 aromatic carbocycles. The van der Waals surface area contributed by atoms with Crippen LogP contribution in [-0.2, 0) is 99.1 Å². The Bertz CT molecular complexity index is 3410. The molecule has 0 spiro atoms. The van der Waals surface area contributed by atoms with Crippen LogP contribution in [0.25, 0.3) is 0 Å². The van der Waals surface area contributed by atoms with Gasteiger partial charge in [-0.25, -0.2) is 4.79 Å². The summed E-state index contributed by atoms with van der Waals surface area (Å²) in [4.78, 5) is 239. The number of aliphatic carboxylic acids is 6. The molecule has 2 aromatic rings. The number of carbonyl (C=O) groups excluding carboxylic acids is 12. The van der Waals surface area contributed by atoms with Gasteiger partial charge in [-0.15, -0.1) is 0 Å². The van der Waals surface area contributed by atoms with Crippen LogP contribution in [-0.4, -0.2) is 227 Å². The molecule has 0 radical (unpaired) electrons. The number of carboxylic acid groups (broad SMARTS) is 6. The molecule has 0 aliphatic carbocycles. The fourth-order valence-electron chi connectivity index (χ4n) is 10.8. The number of carbonyl (C=O) groups is 18. The zero-order valence-corrected chi connectivity index (χ0v) is 57.7. The van der Waals surface area contributed by atoms with Gasteiger partial charge in [-0.05, 0) is 86.5 Å². The molecule has 1 aliphatic rings. The summed E-state index contributed by atoms with van der Waals surface area (Å²) in [5, 5.41) is 91.8. The summed E-state index contributed by atoms with van der Waals surface area (Å²) >= 11 is 0. The maximum Gasteiger partial charge on any atom is 0.326 e. The largest absolute Gasteiger partial charge is 0.508 e. The fourth-order valence-corrected chi connectivity index (χ4v) is 10.8. The first-order valence-electron chi connectivity index (χ1n) is 33.4. The molecule has 12 amide bonds. The Labute approximate surface area is 596 Å². The highest BCUT2D eigenvalue weighted by Crippen LogP contribution is 2.23. The van der Waals surface area contributed by atoms with E-state index in [4.69, 9.17) is 11.5 Å². The van der Waals surface area contributed by atoms with E-state index in [1.165, 1.54) is 31.2 Å². The van der Waals surface area contributed by atoms with Crippen molar-refractivity contribution >= 4 is 107 Å². The number of amides is 12. The van der Waals surface area contributed by atoms with Crippen molar-refractivity contribution in [2.45, 2.75) is 203 Å². The van der Waals surface area contributed by atoms with Crippen molar-refractivity contribution < 1.29 is 122 Å². The number of benzene rings is 2. The van der Waals surface area contributed by atoms with E-state index in [2.05, 4.69) is 53.2 Å². The summed E-state index contributed by atoms with van der Waals surface area (Å²) < 4.78 is 0. The van der Waals surface area contributed by atoms with E-state index in [1.54, 1.807) is 51.1 Å². The number of carboxylic acids is 6. The topological polar surface area (TPSA) is 624 Å². The standard InChI is InChI=1S/C66H93N13O25/c1-5-34(4)55(78-59(96)41(21-26-53(89)90)71-56(93)38(18-23-50(83)84)72-61(98)44(29-35-10-7-6-8-11-35)77-63(100)46(31-54(91)92)69-49(82)32-67)65(102)79-27-9-12-47(79)64(101)73-40(20-25-52(87)88)57(94)70-39(19-24-51(85)86)58(95)76-45(30-36-13-15-37(80)16-14-36)62(99)75-43(28-33(2)3)60(97)74-42(66(103)104)17-22-48(68)81/h6-8,10-11,13-16,33-34,38-47,55,80H,5,9,12,17-32,67H2,1-4H3,(H2,68,81)(H,69,82)(H,70,94)(H,71,93)(H,72,98)(H,73,101)(H,74,97)(H,75,99)(H,76,95)(H,77,100)(H,78,96)(H,83,84)(H,85,86)(H,87,88)(H,89,90)(H,91,92)(H,103,104)/t34-,38+,39+,40-,41+,42+,43+,44+,45+,46-,47+,55+/m1/s1. The van der Waals surface area contributed by atoms with Gasteiger partial charge in [0.1, 0.15) is 72.2 Å². The lowest BCUT2D eigenvalue weighted by Crippen LogP contribution is -2.61. The zero-order valence-electron chi connectivity index (χ0n) is 57.7. The van der Waals surface area contributed by atoms with Crippen LogP contribution in [0.5, 0.6) is 5.75 Å². The Morgan fingerprint density at radius 2 is 0.846 bits per heavy atom. The summed E-state index contributed by atoms with van der Waals surface area (Å²) in [7, 11) is 0. The molecule has 12 atom stereocenters. The predicted octanol–water partition coefficient (Wildman–Crippen LogP) is -3.65. The molecule has 1 aliphatic heterocycles. The van der Waals surface area contributed by atoms with Crippen LogP contribution >= 0.6 is 0 Å². The highest BCUT2D eigenvalue weighted by atomic mass is 16.4. The van der Waals surface area contributed by atoms with E-state index in [0.29, 0.717) is 11.1 Å². The second-order valence-electron chi connectivity index (χ2n) is 25.2. The molecule has 0 aromatic heterocycles. The lowest BCUT2D eigenvalue weighted by atomic mass is 9.96. The van der Waals surface area contributed by atoms with Crippen molar-refractivity contribution in [2.24, 2.45) is 23.3 Å². The monoisotopic (exact) mass is 1470 g/mol. The van der Waals surface area contributed by atoms with Crippen LogP contribution in [0, 0.1) is 11.8 Å². The summed E-state index contributed by atoms with van der Waals surface area (Å²) in [6.45, 7) is 5.63. The van der Waals surface area contributed by atoms with E-state index in [0.717, 1.165) is 4.90 Å². The molecule has 0 saturated carbocycles. The van der Waals surface area contributed by atoms with Crippen molar-refractivity contribution in [3.8, 4) is 5.75 Å². The minimum absolute atomic E-state index is 0.109. The fraction of sp³-hybridized carbons (Fsp3) is 0.545. The van der Waals surface area contributed by atoms with Gasteiger partial charge in [-0.1, -0.05) is 76.6 Å². The van der Waals surface area contributed by atoms with Crippen LogP contribution in [0.1, 0.15) is 135 Å². The number of phenolic OH excluding ortho intramolecular Hbond substituents is 1. The van der Waals surface area contributed by atoms with Gasteiger partial charge in [0, 0.05) is 51.5 Å². The molecule has 1 fully saturated rings. The van der Waals surface area contributed by atoms with E-state index >= 15 is 0 Å². The lowest BCUT2D eigenvalue weighted by Gasteiger charge is -2.33. The number of nitrogens with zero attached hydrogens (tertiary/aromatic N) is 1. The van der Waals surface area contributed by atoms with E-state index in [-0.39, 0.29) is 50.3 Å². The summed E-state index contributed by atoms with van der Waals surface area (Å²) in [6.07, 6.45) is -8.55. The highest BCUT2D eigenvalue weighted by Gasteiger charge is 2.43. The maximum absolute atomic E-state index is 14.8. The Morgan fingerprint density at radius 1 is 0.462 bits per heavy atom. The molecule has 38 nitrogen and oxygen atoms in total. The third kappa shape index (κ3) is 30.9. The Morgan fingerprint density at radius 3 is 1.26 bits per heavy atom. The number of rotatable bonds is 47. The second-order valence-corrected chi connectivity index (χ2v) is 25.2. The molecule has 3 rings (SSSR count). The van der Waals surface area contributed by atoms with E-state index in [9.17, 15) is 122 Å². The molecular formula is C66H93N13O25. The molecule has 572 valence electrons. The molecule has 104 heavy (non-hydrogen) atoms. The van der Waals surface area contributed by atoms with Gasteiger partial charge in [0.2, 0.25) is 70.9 Å². The number of nitrogens with one attached hydrogen (secondary N) is 10. The number of primary amides is 1. The molecule has 21 N–H and O–H groups in total. The van der Waals surface area contributed by atoms with E-state index < -0.39 is 263 Å². The van der Waals surface area contributed by atoms with Crippen molar-refractivity contribution in [1.29, 1.82) is 0 Å². The van der Waals surface area contributed by atoms with Gasteiger partial charge >= 0.3 is 35.8 Å². The highest BCUT2D eigenvalue weighted by molar-refractivity contribution is 6.00. The predicted molar refractivity (Wildman–Crippen MR) is 360 cm³/mol. The number of nitrogens with two attached hydrogens (primary N) is 2. The first kappa shape index (κ1) is 86.9. The SMILES string of the molecule is CC[C@@H](C)[C@H](NC(=O)[C@H](CCC(=O)O)NC(=O)[C@H](CCC(=O)O)NC(=O)[C@H](Cc1ccccc1)NC(=O)[C@@H](CC(=O)O)NC(=O)CN)C(=O)N1CCC[C@H]1C(=O)N[C@H](CCC(=O)O)C(=O)N[C@@H](CCC(=O)O)C(=O)N[C@@H](Cc1ccc(O)cc1)C(=O)N[C@@H](CC(C)C)C(=O)N[C@@H](CCC(N)=O)C(=O)O. The van der Waals surface area contributed by atoms with Crippen LogP contribution in [0.2, 0.25) is 0 Å². The Balaban J connectivity index is 1.99. The van der Waals surface area contributed by atoms with Crippen molar-refractivity contribution in [1.82, 2.24) is 58.1 Å². The summed E-state index contributed by atoms with van der Waals surface area (Å²) in [5.41, 5.74) is 11.2.